The summed E-state index contributed by atoms with van der Waals surface area (Å²) in [5.74, 6) is 0. The number of rotatable bonds is 4. The van der Waals surface area contributed by atoms with Gasteiger partial charge in [-0.2, -0.15) is 0 Å². The summed E-state index contributed by atoms with van der Waals surface area (Å²) in [6.07, 6.45) is 13.6. The minimum Gasteiger partial charge on any atom is -0.258 e. The zero-order valence-electron chi connectivity index (χ0n) is 20.3. The molecular weight excluding hydrogens is 432 g/mol. The third kappa shape index (κ3) is 3.72. The van der Waals surface area contributed by atoms with Crippen molar-refractivity contribution in [3.63, 3.8) is 0 Å². The summed E-state index contributed by atoms with van der Waals surface area (Å²) < 4.78 is 0. The Morgan fingerprint density at radius 3 is 2.21 bits per heavy atom. The molecule has 0 radical (unpaired) electrons. The first-order valence-electron chi connectivity index (χ1n) is 11.2. The molecule has 0 fully saturated rings. The highest BCUT2D eigenvalue weighted by Gasteiger charge is 2.52. The highest BCUT2D eigenvalue weighted by molar-refractivity contribution is 8.44. The first-order chi connectivity index (χ1) is 16.5. The lowest BCUT2D eigenvalue weighted by atomic mass is 10.0. The Hall–Kier alpha value is -3.69. The van der Waals surface area contributed by atoms with Crippen LogP contribution in [0.15, 0.2) is 128 Å². The quantitative estimate of drug-likeness (QED) is 0.419. The van der Waals surface area contributed by atoms with Crippen LogP contribution in [0.2, 0.25) is 0 Å². The molecule has 34 heavy (non-hydrogen) atoms. The Kier molecular flexibility index (Phi) is 7.70. The van der Waals surface area contributed by atoms with Gasteiger partial charge in [0.15, 0.2) is 0 Å². The van der Waals surface area contributed by atoms with E-state index < -0.39 is 10.0 Å². The molecule has 0 N–H and O–H groups in total. The van der Waals surface area contributed by atoms with Crippen molar-refractivity contribution in [1.29, 1.82) is 0 Å². The number of nitrogens with zero attached hydrogens (tertiary/aromatic N) is 2. The van der Waals surface area contributed by atoms with Gasteiger partial charge in [-0.25, -0.2) is 0 Å². The minimum atomic E-state index is -1.95. The van der Waals surface area contributed by atoms with Gasteiger partial charge in [-0.1, -0.05) is 87.5 Å². The van der Waals surface area contributed by atoms with E-state index in [0.29, 0.717) is 0 Å². The average Bonchev–Trinajstić information content (AvgIpc) is 3.25. The van der Waals surface area contributed by atoms with Gasteiger partial charge >= 0.3 is 0 Å². The first kappa shape index (κ1) is 24.9. The van der Waals surface area contributed by atoms with Crippen LogP contribution in [-0.2, 0) is 0 Å². The molecule has 2 heterocycles. The van der Waals surface area contributed by atoms with Crippen molar-refractivity contribution in [3.05, 3.63) is 129 Å². The Morgan fingerprint density at radius 1 is 0.882 bits per heavy atom. The molecule has 1 aromatic rings. The van der Waals surface area contributed by atoms with Crippen LogP contribution in [0.5, 0.6) is 0 Å². The third-order valence-corrected chi connectivity index (χ3v) is 9.89. The van der Waals surface area contributed by atoms with Gasteiger partial charge in [0.25, 0.3) is 0 Å². The molecule has 1 spiro atoms. The maximum Gasteiger partial charge on any atom is 0.102 e. The second kappa shape index (κ2) is 10.5. The molecule has 0 saturated carbocycles. The van der Waals surface area contributed by atoms with E-state index in [-0.39, 0.29) is 0 Å². The molecule has 0 amide bonds. The first-order valence-corrected chi connectivity index (χ1v) is 12.8. The van der Waals surface area contributed by atoms with E-state index in [1.807, 2.05) is 37.3 Å². The zero-order chi connectivity index (χ0) is 24.9. The highest BCUT2D eigenvalue weighted by atomic mass is 32.3. The van der Waals surface area contributed by atoms with E-state index in [1.54, 1.807) is 12.4 Å². The number of allylic oxidation sites excluding steroid dienone is 7. The third-order valence-electron chi connectivity index (χ3n) is 5.76. The maximum absolute atomic E-state index is 4.79. The Balaban J connectivity index is 2.79. The standard InChI is InChI=1S/C31H32N2S/c1-9-17-27-24(10-2)29-23(8)19-16-15-18-22(7)20-21-28(29)34(27)25(11-3)30(32-13-5)31(33-14-6)26(34)12-4/h9-21H,1,3,6-8H2,2,4-5H3/b18-15?,19-16?,21-20?,24-10+,26-12+,27-17+,32-13-,33-31+. The van der Waals surface area contributed by atoms with Gasteiger partial charge in [0, 0.05) is 37.6 Å². The topological polar surface area (TPSA) is 24.7 Å². The number of hydrogen-bond acceptors (Lipinski definition) is 2. The van der Waals surface area contributed by atoms with Gasteiger partial charge in [-0.15, -0.1) is 10.0 Å². The molecule has 172 valence electrons. The van der Waals surface area contributed by atoms with Crippen molar-refractivity contribution < 1.29 is 0 Å². The molecule has 2 nitrogen and oxygen atoms in total. The summed E-state index contributed by atoms with van der Waals surface area (Å²) in [7, 11) is -1.95. The predicted molar refractivity (Wildman–Crippen MR) is 155 cm³/mol. The molecule has 1 unspecified atom stereocenters. The summed E-state index contributed by atoms with van der Waals surface area (Å²) in [5.41, 5.74) is 3.90. The molecule has 2 aliphatic heterocycles. The summed E-state index contributed by atoms with van der Waals surface area (Å²) in [5, 5.41) is 1.86. The molecule has 1 aromatic carbocycles. The van der Waals surface area contributed by atoms with Gasteiger partial charge < -0.3 is 0 Å². The van der Waals surface area contributed by atoms with Crippen molar-refractivity contribution >= 4 is 40.7 Å². The number of hydrogen-bond donors (Lipinski definition) is 0. The van der Waals surface area contributed by atoms with Crippen molar-refractivity contribution in [3.8, 4) is 0 Å². The van der Waals surface area contributed by atoms with Crippen LogP contribution in [0.1, 0.15) is 26.3 Å². The number of aliphatic imine (C=N–C) groups is 2. The van der Waals surface area contributed by atoms with Crippen LogP contribution in [0, 0.1) is 0 Å². The SMILES string of the molecule is C=C/C=C1\C(=C/C)c2c(ccc(=C)ccccc2=C)S12C(C=C)=C(/N=C\C)C(=N/C=C)/C2=C\C. The fourth-order valence-corrected chi connectivity index (χ4v) is 9.16. The average molecular weight is 465 g/mol. The second-order valence-corrected chi connectivity index (χ2v) is 10.6. The van der Waals surface area contributed by atoms with Gasteiger partial charge in [-0.05, 0) is 48.9 Å². The van der Waals surface area contributed by atoms with Gasteiger partial charge in [0.05, 0.1) is 0 Å². The Labute approximate surface area is 205 Å². The van der Waals surface area contributed by atoms with Crippen LogP contribution in [0.3, 0.4) is 0 Å². The van der Waals surface area contributed by atoms with Gasteiger partial charge in [-0.3, -0.25) is 9.98 Å². The smallest absolute Gasteiger partial charge is 0.102 e. The summed E-state index contributed by atoms with van der Waals surface area (Å²) in [6.45, 7) is 26.9. The van der Waals surface area contributed by atoms with E-state index >= 15 is 0 Å². The molecule has 0 bridgehead atoms. The molecule has 3 rings (SSSR count). The molecule has 0 saturated heterocycles. The molecule has 1 atom stereocenters. The van der Waals surface area contributed by atoms with E-state index in [4.69, 9.17) is 9.98 Å². The lowest BCUT2D eigenvalue weighted by Gasteiger charge is -2.37. The molecular formula is C31H32N2S. The zero-order valence-corrected chi connectivity index (χ0v) is 21.2. The Bertz CT molecular complexity index is 1410. The highest BCUT2D eigenvalue weighted by Crippen LogP contribution is 2.83. The number of fused-ring (bicyclic) bond motifs is 2. The lowest BCUT2D eigenvalue weighted by molar-refractivity contribution is 1.39. The molecule has 0 aliphatic carbocycles. The maximum atomic E-state index is 4.79. The van der Waals surface area contributed by atoms with Crippen molar-refractivity contribution in [2.45, 2.75) is 25.7 Å². The van der Waals surface area contributed by atoms with Crippen LogP contribution in [0.25, 0.3) is 18.7 Å². The summed E-state index contributed by atoms with van der Waals surface area (Å²) in [6, 6.07) is 12.3. The van der Waals surface area contributed by atoms with E-state index in [2.05, 4.69) is 83.2 Å². The second-order valence-electron chi connectivity index (χ2n) is 7.59. The molecule has 2 aliphatic rings. The minimum absolute atomic E-state index is 0.824. The molecule has 0 aromatic heterocycles. The van der Waals surface area contributed by atoms with E-state index in [0.717, 1.165) is 42.8 Å². The fourth-order valence-electron chi connectivity index (χ4n) is 4.59. The van der Waals surface area contributed by atoms with Crippen LogP contribution < -0.4 is 10.4 Å². The van der Waals surface area contributed by atoms with Crippen LogP contribution in [0.4, 0.5) is 0 Å². The van der Waals surface area contributed by atoms with Gasteiger partial charge in [0.1, 0.15) is 11.4 Å². The van der Waals surface area contributed by atoms with Crippen molar-refractivity contribution in [1.82, 2.24) is 0 Å². The van der Waals surface area contributed by atoms with E-state index in [9.17, 15) is 0 Å². The fraction of sp³-hybridized carbons (Fsp3) is 0.0968. The van der Waals surface area contributed by atoms with Crippen LogP contribution in [-0.4, -0.2) is 11.9 Å². The van der Waals surface area contributed by atoms with Gasteiger partial charge in [0.2, 0.25) is 0 Å². The monoisotopic (exact) mass is 464 g/mol. The molecule has 3 heteroatoms. The largest absolute Gasteiger partial charge is 0.258 e. The van der Waals surface area contributed by atoms with Crippen LogP contribution >= 0.6 is 10.0 Å². The van der Waals surface area contributed by atoms with Crippen molar-refractivity contribution in [2.24, 2.45) is 9.98 Å². The van der Waals surface area contributed by atoms with E-state index in [1.165, 1.54) is 9.80 Å². The Morgan fingerprint density at radius 2 is 1.62 bits per heavy atom. The summed E-state index contributed by atoms with van der Waals surface area (Å²) >= 11 is 0. The normalized spacial score (nSPS) is 25.7. The predicted octanol–water partition coefficient (Wildman–Crippen LogP) is 7.27. The lowest BCUT2D eigenvalue weighted by Crippen LogP contribution is -2.06. The summed E-state index contributed by atoms with van der Waals surface area (Å²) in [4.78, 5) is 14.0. The van der Waals surface area contributed by atoms with Crippen molar-refractivity contribution in [2.75, 3.05) is 0 Å².